The summed E-state index contributed by atoms with van der Waals surface area (Å²) in [6.07, 6.45) is 2.27. The summed E-state index contributed by atoms with van der Waals surface area (Å²) in [5.74, 6) is 0. The molecule has 2 aliphatic rings. The molecule has 98 valence electrons. The van der Waals surface area contributed by atoms with E-state index in [1.54, 1.807) is 0 Å². The largest absolute Gasteiger partial charge is 0.378 e. The van der Waals surface area contributed by atoms with Crippen LogP contribution >= 0.6 is 0 Å². The van der Waals surface area contributed by atoms with Crippen LogP contribution in [0.2, 0.25) is 0 Å². The lowest BCUT2D eigenvalue weighted by Gasteiger charge is -2.35. The smallest absolute Gasteiger partial charge is 0.317 e. The van der Waals surface area contributed by atoms with Crippen LogP contribution in [0, 0.1) is 5.41 Å². The number of carbonyl (C=O) groups excluding carboxylic acids is 1. The van der Waals surface area contributed by atoms with E-state index in [4.69, 9.17) is 4.74 Å². The summed E-state index contributed by atoms with van der Waals surface area (Å²) in [6, 6.07) is 0.0630. The van der Waals surface area contributed by atoms with Crippen molar-refractivity contribution in [2.45, 2.75) is 19.8 Å². The maximum atomic E-state index is 11.9. The normalized spacial score (nSPS) is 24.4. The van der Waals surface area contributed by atoms with E-state index < -0.39 is 0 Å². The molecule has 5 nitrogen and oxygen atoms in total. The highest BCUT2D eigenvalue weighted by Gasteiger charge is 2.28. The van der Waals surface area contributed by atoms with Crippen molar-refractivity contribution in [2.24, 2.45) is 5.41 Å². The number of piperidine rings is 1. The number of nitrogens with one attached hydrogen (secondary N) is 2. The second-order valence-electron chi connectivity index (χ2n) is 5.32. The van der Waals surface area contributed by atoms with Crippen LogP contribution in [-0.2, 0) is 4.74 Å². The van der Waals surface area contributed by atoms with Crippen molar-refractivity contribution in [3.8, 4) is 0 Å². The molecule has 2 amide bonds. The van der Waals surface area contributed by atoms with Gasteiger partial charge in [0.05, 0.1) is 13.2 Å². The minimum atomic E-state index is 0.0630. The Balaban J connectivity index is 1.74. The zero-order valence-corrected chi connectivity index (χ0v) is 10.6. The fourth-order valence-electron chi connectivity index (χ4n) is 2.37. The number of morpholine rings is 1. The van der Waals surface area contributed by atoms with Crippen LogP contribution in [-0.4, -0.2) is 56.9 Å². The Hall–Kier alpha value is -0.810. The molecule has 0 aromatic rings. The van der Waals surface area contributed by atoms with Crippen molar-refractivity contribution >= 4 is 6.03 Å². The van der Waals surface area contributed by atoms with Crippen LogP contribution in [0.15, 0.2) is 0 Å². The highest BCUT2D eigenvalue weighted by atomic mass is 16.5. The van der Waals surface area contributed by atoms with Gasteiger partial charge in [-0.3, -0.25) is 0 Å². The third-order valence-corrected chi connectivity index (χ3v) is 3.78. The number of carbonyl (C=O) groups is 1. The lowest BCUT2D eigenvalue weighted by atomic mass is 9.81. The highest BCUT2D eigenvalue weighted by molar-refractivity contribution is 5.74. The van der Waals surface area contributed by atoms with Gasteiger partial charge in [0.15, 0.2) is 0 Å². The molecule has 5 heteroatoms. The summed E-state index contributed by atoms with van der Waals surface area (Å²) >= 11 is 0. The van der Waals surface area contributed by atoms with Crippen LogP contribution in [0.5, 0.6) is 0 Å². The Bertz CT molecular complexity index is 258. The Labute approximate surface area is 103 Å². The molecule has 0 radical (unpaired) electrons. The fraction of sp³-hybridized carbons (Fsp3) is 0.917. The molecule has 0 spiro atoms. The first-order valence-corrected chi connectivity index (χ1v) is 6.51. The number of hydrogen-bond donors (Lipinski definition) is 2. The monoisotopic (exact) mass is 241 g/mol. The molecule has 0 unspecified atom stereocenters. The Morgan fingerprint density at radius 2 is 2.00 bits per heavy atom. The summed E-state index contributed by atoms with van der Waals surface area (Å²) in [5.41, 5.74) is 0.257. The van der Waals surface area contributed by atoms with Crippen molar-refractivity contribution < 1.29 is 9.53 Å². The zero-order chi connectivity index (χ0) is 12.1. The predicted molar refractivity (Wildman–Crippen MR) is 66.0 cm³/mol. The number of rotatable bonds is 2. The predicted octanol–water partition coefficient (Wildman–Crippen LogP) is 0.418. The summed E-state index contributed by atoms with van der Waals surface area (Å²) < 4.78 is 5.23. The number of hydrogen-bond acceptors (Lipinski definition) is 3. The summed E-state index contributed by atoms with van der Waals surface area (Å²) in [4.78, 5) is 13.8. The van der Waals surface area contributed by atoms with E-state index in [9.17, 15) is 4.79 Å². The van der Waals surface area contributed by atoms with Gasteiger partial charge in [0.1, 0.15) is 0 Å². The second kappa shape index (κ2) is 5.69. The van der Waals surface area contributed by atoms with Gasteiger partial charge in [-0.15, -0.1) is 0 Å². The first-order chi connectivity index (χ1) is 8.20. The molecule has 2 aliphatic heterocycles. The zero-order valence-electron chi connectivity index (χ0n) is 10.6. The summed E-state index contributed by atoms with van der Waals surface area (Å²) in [6.45, 7) is 7.91. The molecule has 2 saturated heterocycles. The van der Waals surface area contributed by atoms with Gasteiger partial charge >= 0.3 is 6.03 Å². The Morgan fingerprint density at radius 1 is 1.35 bits per heavy atom. The third kappa shape index (κ3) is 3.57. The lowest BCUT2D eigenvalue weighted by molar-refractivity contribution is 0.0522. The van der Waals surface area contributed by atoms with E-state index in [0.717, 1.165) is 32.5 Å². The standard InChI is InChI=1S/C12H23N3O2/c1-12(2-4-13-5-3-12)10-14-11(16)15-6-8-17-9-7-15/h13H,2-10H2,1H3,(H,14,16). The van der Waals surface area contributed by atoms with Crippen molar-refractivity contribution in [3.05, 3.63) is 0 Å². The van der Waals surface area contributed by atoms with Crippen LogP contribution in [0.25, 0.3) is 0 Å². The first kappa shape index (κ1) is 12.6. The van der Waals surface area contributed by atoms with Crippen LogP contribution in [0.1, 0.15) is 19.8 Å². The van der Waals surface area contributed by atoms with E-state index in [0.29, 0.717) is 26.3 Å². The van der Waals surface area contributed by atoms with Crippen molar-refractivity contribution in [2.75, 3.05) is 45.9 Å². The van der Waals surface area contributed by atoms with Crippen LogP contribution < -0.4 is 10.6 Å². The molecule has 2 fully saturated rings. The highest BCUT2D eigenvalue weighted by Crippen LogP contribution is 2.26. The van der Waals surface area contributed by atoms with Gasteiger partial charge in [-0.05, 0) is 31.3 Å². The van der Waals surface area contributed by atoms with E-state index in [-0.39, 0.29) is 11.4 Å². The maximum Gasteiger partial charge on any atom is 0.317 e. The molecule has 0 atom stereocenters. The van der Waals surface area contributed by atoms with Gasteiger partial charge in [-0.25, -0.2) is 4.79 Å². The Kier molecular flexibility index (Phi) is 4.23. The average molecular weight is 241 g/mol. The maximum absolute atomic E-state index is 11.9. The average Bonchev–Trinajstić information content (AvgIpc) is 2.38. The molecular weight excluding hydrogens is 218 g/mol. The molecule has 0 aliphatic carbocycles. The Morgan fingerprint density at radius 3 is 2.65 bits per heavy atom. The van der Waals surface area contributed by atoms with Crippen molar-refractivity contribution in [3.63, 3.8) is 0 Å². The molecule has 0 saturated carbocycles. The molecule has 0 bridgehead atoms. The fourth-order valence-corrected chi connectivity index (χ4v) is 2.37. The summed E-state index contributed by atoms with van der Waals surface area (Å²) in [5, 5.41) is 6.42. The van der Waals surface area contributed by atoms with Crippen LogP contribution in [0.3, 0.4) is 0 Å². The quantitative estimate of drug-likeness (QED) is 0.736. The molecule has 0 aromatic carbocycles. The molecular formula is C12H23N3O2. The van der Waals surface area contributed by atoms with E-state index in [1.165, 1.54) is 0 Å². The molecule has 2 rings (SSSR count). The van der Waals surface area contributed by atoms with Crippen LogP contribution in [0.4, 0.5) is 4.79 Å². The molecule has 0 aromatic heterocycles. The number of urea groups is 1. The van der Waals surface area contributed by atoms with Gasteiger partial charge in [0.2, 0.25) is 0 Å². The van der Waals surface area contributed by atoms with E-state index in [1.807, 2.05) is 4.90 Å². The first-order valence-electron chi connectivity index (χ1n) is 6.51. The molecule has 2 N–H and O–H groups in total. The number of amides is 2. The summed E-state index contributed by atoms with van der Waals surface area (Å²) in [7, 11) is 0. The molecule has 2 heterocycles. The minimum Gasteiger partial charge on any atom is -0.378 e. The number of nitrogens with zero attached hydrogens (tertiary/aromatic N) is 1. The van der Waals surface area contributed by atoms with Gasteiger partial charge in [-0.1, -0.05) is 6.92 Å². The topological polar surface area (TPSA) is 53.6 Å². The van der Waals surface area contributed by atoms with Gasteiger partial charge in [-0.2, -0.15) is 0 Å². The number of ether oxygens (including phenoxy) is 1. The minimum absolute atomic E-state index is 0.0630. The third-order valence-electron chi connectivity index (χ3n) is 3.78. The van der Waals surface area contributed by atoms with Gasteiger partial charge in [0.25, 0.3) is 0 Å². The van der Waals surface area contributed by atoms with Gasteiger partial charge in [0, 0.05) is 19.6 Å². The molecule has 17 heavy (non-hydrogen) atoms. The van der Waals surface area contributed by atoms with E-state index in [2.05, 4.69) is 17.6 Å². The lowest BCUT2D eigenvalue weighted by Crippen LogP contribution is -2.50. The van der Waals surface area contributed by atoms with Crippen molar-refractivity contribution in [1.82, 2.24) is 15.5 Å². The SMILES string of the molecule is CC1(CNC(=O)N2CCOCC2)CCNCC1. The van der Waals surface area contributed by atoms with Gasteiger partial charge < -0.3 is 20.3 Å². The second-order valence-corrected chi connectivity index (χ2v) is 5.32. The van der Waals surface area contributed by atoms with E-state index >= 15 is 0 Å². The van der Waals surface area contributed by atoms with Crippen molar-refractivity contribution in [1.29, 1.82) is 0 Å².